The highest BCUT2D eigenvalue weighted by atomic mass is 16.8. The zero-order valence-corrected chi connectivity index (χ0v) is 54.9. The van der Waals surface area contributed by atoms with E-state index in [0.717, 1.165) is 77.0 Å². The number of carbonyl (C=O) groups is 1. The van der Waals surface area contributed by atoms with Crippen LogP contribution in [0.3, 0.4) is 0 Å². The molecule has 3 saturated heterocycles. The van der Waals surface area contributed by atoms with Gasteiger partial charge in [-0.3, -0.25) is 4.79 Å². The van der Waals surface area contributed by atoms with Crippen LogP contribution in [0.2, 0.25) is 0 Å². The Kier molecular flexibility index (Phi) is 47.4. The van der Waals surface area contributed by atoms with Crippen LogP contribution in [0.15, 0.2) is 48.6 Å². The maximum Gasteiger partial charge on any atom is 0.220 e. The van der Waals surface area contributed by atoms with Gasteiger partial charge in [0.1, 0.15) is 73.2 Å². The Hall–Kier alpha value is -2.25. The van der Waals surface area contributed by atoms with Gasteiger partial charge < -0.3 is 89.9 Å². The summed E-state index contributed by atoms with van der Waals surface area (Å²) in [6.07, 6.45) is 35.2. The van der Waals surface area contributed by atoms with Crippen molar-refractivity contribution in [2.24, 2.45) is 0 Å². The van der Waals surface area contributed by atoms with Crippen LogP contribution in [0, 0.1) is 0 Å². The molecule has 0 bridgehead atoms. The summed E-state index contributed by atoms with van der Waals surface area (Å²) in [5.41, 5.74) is 0. The summed E-state index contributed by atoms with van der Waals surface area (Å²) in [4.78, 5) is 13.4. The number of ether oxygens (including phenoxy) is 6. The van der Waals surface area contributed by atoms with Crippen LogP contribution < -0.4 is 5.32 Å². The molecule has 17 atom stereocenters. The van der Waals surface area contributed by atoms with E-state index in [9.17, 15) is 61.0 Å². The van der Waals surface area contributed by atoms with Crippen molar-refractivity contribution in [1.29, 1.82) is 0 Å². The lowest BCUT2D eigenvalue weighted by Gasteiger charge is -2.48. The lowest BCUT2D eigenvalue weighted by atomic mass is 9.96. The molecule has 3 fully saturated rings. The summed E-state index contributed by atoms with van der Waals surface area (Å²) in [6, 6.07) is -0.996. The second kappa shape index (κ2) is 52.1. The summed E-state index contributed by atoms with van der Waals surface area (Å²) < 4.78 is 34.3. The number of hydrogen-bond donors (Lipinski definition) is 12. The molecule has 3 aliphatic heterocycles. The van der Waals surface area contributed by atoms with Crippen molar-refractivity contribution >= 4 is 5.91 Å². The summed E-state index contributed by atoms with van der Waals surface area (Å²) in [5, 5.41) is 120. The third-order valence-electron chi connectivity index (χ3n) is 17.6. The van der Waals surface area contributed by atoms with Gasteiger partial charge in [0, 0.05) is 6.42 Å². The maximum atomic E-state index is 13.4. The molecule has 19 heteroatoms. The van der Waals surface area contributed by atoms with Crippen LogP contribution in [-0.4, -0.2) is 193 Å². The van der Waals surface area contributed by atoms with E-state index in [4.69, 9.17) is 28.4 Å². The molecule has 17 unspecified atom stereocenters. The smallest absolute Gasteiger partial charge is 0.220 e. The Morgan fingerprint density at radius 1 is 0.404 bits per heavy atom. The fraction of sp³-hybridized carbons (Fsp3) is 0.871. The van der Waals surface area contributed by atoms with Crippen LogP contribution in [0.5, 0.6) is 0 Å². The number of hydrogen-bond acceptors (Lipinski definition) is 18. The molecule has 3 aliphatic rings. The standard InChI is InChI=1S/C70H127NO18/c1-3-5-7-9-11-13-15-17-19-21-23-24-25-26-27-28-29-30-31-33-35-37-39-41-43-45-47-54(75)53(71-58(76)48-46-44-42-40-38-36-34-32-22-20-18-16-14-12-10-8-6-4-2)52-84-68-64(82)61(79)66(56(50-73)86-68)89-70-65(83)62(80)67(57(51-74)87-70)88-69-63(81)60(78)59(77)55(49-72)85-69/h14,16,20,22,37,39,45,47,53-57,59-70,72-75,77-83H,3-13,15,17-19,21,23-36,38,40-44,46,48-52H2,1-2H3,(H,71,76)/b16-14-,22-20-,39-37+,47-45+. The molecule has 1 amide bonds. The molecule has 0 radical (unpaired) electrons. The first-order valence-corrected chi connectivity index (χ1v) is 35.4. The lowest BCUT2D eigenvalue weighted by Crippen LogP contribution is -2.66. The van der Waals surface area contributed by atoms with E-state index in [1.165, 1.54) is 148 Å². The zero-order chi connectivity index (χ0) is 64.7. The molecular weight excluding hydrogens is 1140 g/mol. The average molecular weight is 1270 g/mol. The van der Waals surface area contributed by atoms with Gasteiger partial charge in [-0.15, -0.1) is 0 Å². The average Bonchev–Trinajstić information content (AvgIpc) is 2.47. The van der Waals surface area contributed by atoms with Crippen LogP contribution in [-0.2, 0) is 33.2 Å². The predicted molar refractivity (Wildman–Crippen MR) is 346 cm³/mol. The van der Waals surface area contributed by atoms with Gasteiger partial charge in [0.2, 0.25) is 5.91 Å². The second-order valence-corrected chi connectivity index (χ2v) is 25.3. The van der Waals surface area contributed by atoms with E-state index in [0.29, 0.717) is 12.8 Å². The van der Waals surface area contributed by atoms with E-state index < -0.39 is 124 Å². The van der Waals surface area contributed by atoms with Crippen LogP contribution in [0.4, 0.5) is 0 Å². The van der Waals surface area contributed by atoms with Crippen molar-refractivity contribution in [1.82, 2.24) is 5.32 Å². The Balaban J connectivity index is 1.45. The molecule has 0 aromatic carbocycles. The predicted octanol–water partition coefficient (Wildman–Crippen LogP) is 9.39. The first-order chi connectivity index (χ1) is 43.3. The van der Waals surface area contributed by atoms with Crippen molar-refractivity contribution in [3.8, 4) is 0 Å². The number of nitrogens with one attached hydrogen (secondary N) is 1. The van der Waals surface area contributed by atoms with Crippen molar-refractivity contribution in [3.63, 3.8) is 0 Å². The molecule has 3 heterocycles. The van der Waals surface area contributed by atoms with Gasteiger partial charge in [-0.25, -0.2) is 0 Å². The largest absolute Gasteiger partial charge is 0.394 e. The van der Waals surface area contributed by atoms with E-state index >= 15 is 0 Å². The molecule has 19 nitrogen and oxygen atoms in total. The number of carbonyl (C=O) groups excluding carboxylic acids is 1. The Bertz CT molecular complexity index is 1800. The van der Waals surface area contributed by atoms with Gasteiger partial charge in [0.05, 0.1) is 38.6 Å². The van der Waals surface area contributed by atoms with Crippen LogP contribution in [0.1, 0.15) is 258 Å². The van der Waals surface area contributed by atoms with Crippen molar-refractivity contribution < 1.29 is 89.4 Å². The van der Waals surface area contributed by atoms with Crippen molar-refractivity contribution in [2.45, 2.75) is 362 Å². The SMILES string of the molecule is CCCCCC/C=C\C/C=C\CCCCCCCCCC(=O)NC(COC1OC(CO)C(OC2OC(CO)C(OC3OC(CO)C(O)C(O)C3O)C(O)C2O)C(O)C1O)C(O)/C=C/CC/C=C/CCCCCCCCCCCCCCCCCCCCCC. The Morgan fingerprint density at radius 3 is 1.20 bits per heavy atom. The van der Waals surface area contributed by atoms with Gasteiger partial charge in [0.15, 0.2) is 18.9 Å². The minimum absolute atomic E-state index is 0.226. The van der Waals surface area contributed by atoms with Crippen molar-refractivity contribution in [2.75, 3.05) is 26.4 Å². The van der Waals surface area contributed by atoms with E-state index in [1.807, 2.05) is 6.08 Å². The molecule has 0 aromatic rings. The summed E-state index contributed by atoms with van der Waals surface area (Å²) in [6.45, 7) is 1.71. The normalized spacial score (nSPS) is 28.5. The Labute approximate surface area is 535 Å². The highest BCUT2D eigenvalue weighted by Gasteiger charge is 2.53. The fourth-order valence-electron chi connectivity index (χ4n) is 11.8. The first-order valence-electron chi connectivity index (χ1n) is 35.4. The maximum absolute atomic E-state index is 13.4. The summed E-state index contributed by atoms with van der Waals surface area (Å²) in [7, 11) is 0. The minimum Gasteiger partial charge on any atom is -0.394 e. The minimum atomic E-state index is -1.98. The number of aliphatic hydroxyl groups is 11. The van der Waals surface area contributed by atoms with Gasteiger partial charge >= 0.3 is 0 Å². The number of unbranched alkanes of at least 4 members (excludes halogenated alkanes) is 32. The molecule has 0 aliphatic carbocycles. The highest BCUT2D eigenvalue weighted by molar-refractivity contribution is 5.76. The third-order valence-corrected chi connectivity index (χ3v) is 17.6. The monoisotopic (exact) mass is 1270 g/mol. The van der Waals surface area contributed by atoms with E-state index in [-0.39, 0.29) is 18.9 Å². The van der Waals surface area contributed by atoms with Gasteiger partial charge in [-0.1, -0.05) is 236 Å². The van der Waals surface area contributed by atoms with Crippen LogP contribution in [0.25, 0.3) is 0 Å². The summed E-state index contributed by atoms with van der Waals surface area (Å²) in [5.74, 6) is -0.292. The number of rotatable bonds is 54. The fourth-order valence-corrected chi connectivity index (χ4v) is 11.8. The molecule has 0 aromatic heterocycles. The summed E-state index contributed by atoms with van der Waals surface area (Å²) >= 11 is 0. The third kappa shape index (κ3) is 34.1. The molecule has 12 N–H and O–H groups in total. The molecule has 0 spiro atoms. The zero-order valence-electron chi connectivity index (χ0n) is 54.9. The van der Waals surface area contributed by atoms with Gasteiger partial charge in [0.25, 0.3) is 0 Å². The Morgan fingerprint density at radius 2 is 0.753 bits per heavy atom. The van der Waals surface area contributed by atoms with Crippen LogP contribution >= 0.6 is 0 Å². The molecular formula is C70H127NO18. The second-order valence-electron chi connectivity index (χ2n) is 25.3. The number of aliphatic hydroxyl groups excluding tert-OH is 11. The van der Waals surface area contributed by atoms with Gasteiger partial charge in [-0.2, -0.15) is 0 Å². The number of amides is 1. The first kappa shape index (κ1) is 81.0. The topological polar surface area (TPSA) is 307 Å². The van der Waals surface area contributed by atoms with Crippen molar-refractivity contribution in [3.05, 3.63) is 48.6 Å². The highest BCUT2D eigenvalue weighted by Crippen LogP contribution is 2.33. The molecule has 89 heavy (non-hydrogen) atoms. The molecule has 3 rings (SSSR count). The lowest BCUT2D eigenvalue weighted by molar-refractivity contribution is -0.379. The molecule has 520 valence electrons. The van der Waals surface area contributed by atoms with E-state index in [2.05, 4.69) is 55.6 Å². The molecule has 0 saturated carbocycles. The number of allylic oxidation sites excluding steroid dienone is 7. The van der Waals surface area contributed by atoms with Gasteiger partial charge in [-0.05, 0) is 64.2 Å². The van der Waals surface area contributed by atoms with E-state index in [1.54, 1.807) is 6.08 Å². The quantitative estimate of drug-likeness (QED) is 0.0199.